The Balaban J connectivity index is 2.30. The van der Waals surface area contributed by atoms with Crippen molar-refractivity contribution >= 4 is 17.0 Å². The van der Waals surface area contributed by atoms with Crippen LogP contribution in [0.5, 0.6) is 0 Å². The number of aliphatic imine (C=N–C) groups is 1. The first-order valence-corrected chi connectivity index (χ1v) is 4.84. The third-order valence-electron chi connectivity index (χ3n) is 2.08. The molecule has 0 aromatic carbocycles. The summed E-state index contributed by atoms with van der Waals surface area (Å²) in [5.41, 5.74) is 1.32. The van der Waals surface area contributed by atoms with E-state index in [9.17, 15) is 0 Å². The van der Waals surface area contributed by atoms with Gasteiger partial charge in [-0.05, 0) is 17.9 Å². The van der Waals surface area contributed by atoms with Gasteiger partial charge in [-0.1, -0.05) is 13.0 Å². The minimum atomic E-state index is 0.675. The van der Waals surface area contributed by atoms with Crippen LogP contribution in [-0.2, 0) is 0 Å². The molecule has 58 valence electrons. The summed E-state index contributed by atoms with van der Waals surface area (Å²) in [7, 11) is 0. The summed E-state index contributed by atoms with van der Waals surface area (Å²) in [4.78, 5) is 5.84. The van der Waals surface area contributed by atoms with Crippen LogP contribution in [0.15, 0.2) is 22.5 Å². The lowest BCUT2D eigenvalue weighted by atomic mass is 10.0. The van der Waals surface area contributed by atoms with Gasteiger partial charge < -0.3 is 0 Å². The maximum Gasteiger partial charge on any atom is 0.0548 e. The highest BCUT2D eigenvalue weighted by atomic mass is 32.1. The van der Waals surface area contributed by atoms with Crippen molar-refractivity contribution in [3.8, 4) is 0 Å². The molecule has 1 unspecified atom stereocenters. The van der Waals surface area contributed by atoms with Gasteiger partial charge in [0.25, 0.3) is 0 Å². The Morgan fingerprint density at radius 3 is 3.09 bits per heavy atom. The van der Waals surface area contributed by atoms with Crippen LogP contribution >= 0.6 is 11.3 Å². The molecule has 0 radical (unpaired) electrons. The summed E-state index contributed by atoms with van der Waals surface area (Å²) in [6.07, 6.45) is 1.23. The highest BCUT2D eigenvalue weighted by Gasteiger charge is 2.17. The quantitative estimate of drug-likeness (QED) is 0.606. The number of hydrogen-bond acceptors (Lipinski definition) is 2. The van der Waals surface area contributed by atoms with E-state index in [4.69, 9.17) is 0 Å². The lowest BCUT2D eigenvalue weighted by Crippen LogP contribution is -2.04. The molecule has 1 aliphatic heterocycles. The lowest BCUT2D eigenvalue weighted by Gasteiger charge is -2.02. The Labute approximate surface area is 70.8 Å². The van der Waals surface area contributed by atoms with Gasteiger partial charge in [0.2, 0.25) is 0 Å². The van der Waals surface area contributed by atoms with Gasteiger partial charge >= 0.3 is 0 Å². The van der Waals surface area contributed by atoms with Crippen molar-refractivity contribution in [3.05, 3.63) is 22.4 Å². The van der Waals surface area contributed by atoms with E-state index in [1.54, 1.807) is 11.3 Å². The molecule has 1 aromatic rings. The van der Waals surface area contributed by atoms with Crippen LogP contribution in [0.2, 0.25) is 0 Å². The average molecular weight is 165 g/mol. The Morgan fingerprint density at radius 1 is 1.64 bits per heavy atom. The Morgan fingerprint density at radius 2 is 2.55 bits per heavy atom. The molecule has 0 amide bonds. The van der Waals surface area contributed by atoms with E-state index in [0.29, 0.717) is 5.92 Å². The fourth-order valence-corrected chi connectivity index (χ4v) is 2.26. The molecule has 2 heterocycles. The number of hydrogen-bond donors (Lipinski definition) is 0. The topological polar surface area (TPSA) is 12.4 Å². The molecule has 1 aliphatic rings. The highest BCUT2D eigenvalue weighted by molar-refractivity contribution is 7.12. The maximum absolute atomic E-state index is 4.49. The molecule has 1 nitrogen and oxygen atoms in total. The third kappa shape index (κ3) is 1.23. The maximum atomic E-state index is 4.49. The smallest absolute Gasteiger partial charge is 0.0548 e. The van der Waals surface area contributed by atoms with Crippen LogP contribution in [-0.4, -0.2) is 12.3 Å². The second-order valence-corrected chi connectivity index (χ2v) is 3.88. The Hall–Kier alpha value is -0.630. The van der Waals surface area contributed by atoms with Gasteiger partial charge in [-0.2, -0.15) is 0 Å². The second kappa shape index (κ2) is 2.78. The fraction of sp³-hybridized carbons (Fsp3) is 0.444. The van der Waals surface area contributed by atoms with Gasteiger partial charge in [-0.25, -0.2) is 0 Å². The molecule has 0 aliphatic carbocycles. The SMILES string of the molecule is CC1CCN=C1c1cccs1. The van der Waals surface area contributed by atoms with E-state index >= 15 is 0 Å². The van der Waals surface area contributed by atoms with Gasteiger partial charge in [0.1, 0.15) is 0 Å². The molecule has 1 atom stereocenters. The molecule has 0 saturated carbocycles. The highest BCUT2D eigenvalue weighted by Crippen LogP contribution is 2.22. The summed E-state index contributed by atoms with van der Waals surface area (Å²) in [5.74, 6) is 0.675. The van der Waals surface area contributed by atoms with Crippen molar-refractivity contribution in [3.63, 3.8) is 0 Å². The first kappa shape index (κ1) is 7.04. The molecule has 1 aromatic heterocycles. The monoisotopic (exact) mass is 165 g/mol. The number of nitrogens with zero attached hydrogens (tertiary/aromatic N) is 1. The van der Waals surface area contributed by atoms with Crippen molar-refractivity contribution in [2.24, 2.45) is 10.9 Å². The lowest BCUT2D eigenvalue weighted by molar-refractivity contribution is 0.751. The summed E-state index contributed by atoms with van der Waals surface area (Å²) in [5, 5.41) is 2.11. The van der Waals surface area contributed by atoms with Crippen molar-refractivity contribution in [2.45, 2.75) is 13.3 Å². The van der Waals surface area contributed by atoms with E-state index in [0.717, 1.165) is 6.54 Å². The minimum Gasteiger partial charge on any atom is -0.288 e. The summed E-state index contributed by atoms with van der Waals surface area (Å²) in [6.45, 7) is 3.28. The van der Waals surface area contributed by atoms with Gasteiger partial charge in [-0.3, -0.25) is 4.99 Å². The van der Waals surface area contributed by atoms with Crippen molar-refractivity contribution < 1.29 is 0 Å². The average Bonchev–Trinajstić information content (AvgIpc) is 2.55. The predicted molar refractivity (Wildman–Crippen MR) is 49.5 cm³/mol. The minimum absolute atomic E-state index is 0.675. The van der Waals surface area contributed by atoms with E-state index in [1.165, 1.54) is 17.0 Å². The Kier molecular flexibility index (Phi) is 1.78. The summed E-state index contributed by atoms with van der Waals surface area (Å²) >= 11 is 1.79. The second-order valence-electron chi connectivity index (χ2n) is 2.93. The molecule has 11 heavy (non-hydrogen) atoms. The van der Waals surface area contributed by atoms with Gasteiger partial charge in [0.15, 0.2) is 0 Å². The molecule has 0 bridgehead atoms. The fourth-order valence-electron chi connectivity index (χ4n) is 1.42. The normalized spacial score (nSPS) is 23.7. The molecule has 2 heteroatoms. The molecule has 0 fully saturated rings. The number of rotatable bonds is 1. The molecular weight excluding hydrogens is 154 g/mol. The van der Waals surface area contributed by atoms with Crippen LogP contribution in [0.1, 0.15) is 18.2 Å². The van der Waals surface area contributed by atoms with Crippen molar-refractivity contribution in [1.82, 2.24) is 0 Å². The van der Waals surface area contributed by atoms with Crippen LogP contribution in [0, 0.1) is 5.92 Å². The molecule has 2 rings (SSSR count). The van der Waals surface area contributed by atoms with Crippen molar-refractivity contribution in [1.29, 1.82) is 0 Å². The van der Waals surface area contributed by atoms with E-state index in [1.807, 2.05) is 0 Å². The zero-order chi connectivity index (χ0) is 7.68. The molecule has 0 N–H and O–H groups in total. The molecular formula is C9H11NS. The van der Waals surface area contributed by atoms with Crippen molar-refractivity contribution in [2.75, 3.05) is 6.54 Å². The first-order valence-electron chi connectivity index (χ1n) is 3.96. The van der Waals surface area contributed by atoms with E-state index < -0.39 is 0 Å². The van der Waals surface area contributed by atoms with Gasteiger partial charge in [0, 0.05) is 17.3 Å². The first-order chi connectivity index (χ1) is 5.38. The Bertz CT molecular complexity index is 261. The van der Waals surface area contributed by atoms with Gasteiger partial charge in [0.05, 0.1) is 5.71 Å². The zero-order valence-corrected chi connectivity index (χ0v) is 7.40. The number of thiophene rings is 1. The standard InChI is InChI=1S/C9H11NS/c1-7-4-5-10-9(7)8-3-2-6-11-8/h2-3,6-7H,4-5H2,1H3. The zero-order valence-electron chi connectivity index (χ0n) is 6.58. The van der Waals surface area contributed by atoms with E-state index in [-0.39, 0.29) is 0 Å². The largest absolute Gasteiger partial charge is 0.288 e. The van der Waals surface area contributed by atoms with E-state index in [2.05, 4.69) is 29.4 Å². The molecule has 0 saturated heterocycles. The molecule has 0 spiro atoms. The van der Waals surface area contributed by atoms with Crippen LogP contribution in [0.25, 0.3) is 0 Å². The third-order valence-corrected chi connectivity index (χ3v) is 2.98. The van der Waals surface area contributed by atoms with Gasteiger partial charge in [-0.15, -0.1) is 11.3 Å². The predicted octanol–water partition coefficient (Wildman–Crippen LogP) is 2.58. The summed E-state index contributed by atoms with van der Waals surface area (Å²) in [6, 6.07) is 4.25. The van der Waals surface area contributed by atoms with Crippen LogP contribution in [0.4, 0.5) is 0 Å². The van der Waals surface area contributed by atoms with Crippen LogP contribution < -0.4 is 0 Å². The van der Waals surface area contributed by atoms with Crippen LogP contribution in [0.3, 0.4) is 0 Å². The summed E-state index contributed by atoms with van der Waals surface area (Å²) < 4.78 is 0.